The Morgan fingerprint density at radius 3 is 2.74 bits per heavy atom. The van der Waals surface area contributed by atoms with Crippen LogP contribution < -0.4 is 5.32 Å². The molecule has 1 aromatic rings. The summed E-state index contributed by atoms with van der Waals surface area (Å²) in [5.74, 6) is -0.321. The van der Waals surface area contributed by atoms with E-state index in [1.165, 1.54) is 12.1 Å². The van der Waals surface area contributed by atoms with Gasteiger partial charge in [0.1, 0.15) is 6.10 Å². The normalized spacial score (nSPS) is 17.5. The predicted molar refractivity (Wildman–Crippen MR) is 69.9 cm³/mol. The number of anilines is 1. The number of hydrogen-bond donors (Lipinski definition) is 1. The van der Waals surface area contributed by atoms with Gasteiger partial charge >= 0.3 is 5.97 Å². The van der Waals surface area contributed by atoms with Gasteiger partial charge in [0.25, 0.3) is 5.69 Å². The number of rotatable bonds is 2. The molecule has 0 bridgehead atoms. The fourth-order valence-corrected chi connectivity index (χ4v) is 1.81. The quantitative estimate of drug-likeness (QED) is 0.504. The Morgan fingerprint density at radius 2 is 2.16 bits per heavy atom. The molecule has 19 heavy (non-hydrogen) atoms. The summed E-state index contributed by atoms with van der Waals surface area (Å²) in [4.78, 5) is 22.2. The lowest BCUT2D eigenvalue weighted by molar-refractivity contribution is -0.384. The smallest absolute Gasteiger partial charge is 0.311 e. The largest absolute Gasteiger partial charge is 0.455 e. The molecule has 1 aliphatic rings. The van der Waals surface area contributed by atoms with Crippen LogP contribution in [0.4, 0.5) is 11.4 Å². The van der Waals surface area contributed by atoms with E-state index in [9.17, 15) is 14.9 Å². The van der Waals surface area contributed by atoms with Gasteiger partial charge in [0.15, 0.2) is 0 Å². The number of nitro benzene ring substituents is 1. The number of carbonyl (C=O) groups excluding carboxylic acids is 1. The van der Waals surface area contributed by atoms with Crippen LogP contribution in [0.25, 0.3) is 0 Å². The van der Waals surface area contributed by atoms with Gasteiger partial charge in [-0.2, -0.15) is 0 Å². The lowest BCUT2D eigenvalue weighted by atomic mass is 9.97. The van der Waals surface area contributed by atoms with E-state index in [-0.39, 0.29) is 11.7 Å². The minimum atomic E-state index is -0.594. The topological polar surface area (TPSA) is 81.5 Å². The maximum atomic E-state index is 11.9. The first-order chi connectivity index (χ1) is 8.79. The van der Waals surface area contributed by atoms with Crippen LogP contribution in [0.5, 0.6) is 0 Å². The van der Waals surface area contributed by atoms with Crippen LogP contribution in [0.3, 0.4) is 0 Å². The monoisotopic (exact) mass is 264 g/mol. The highest BCUT2D eigenvalue weighted by Gasteiger charge is 2.31. The van der Waals surface area contributed by atoms with Gasteiger partial charge in [-0.05, 0) is 26.8 Å². The maximum absolute atomic E-state index is 11.9. The molecule has 0 amide bonds. The van der Waals surface area contributed by atoms with Crippen LogP contribution in [0.1, 0.15) is 32.4 Å². The number of benzene rings is 1. The molecule has 6 heteroatoms. The van der Waals surface area contributed by atoms with Crippen LogP contribution >= 0.6 is 0 Å². The number of fused-ring (bicyclic) bond motifs is 1. The number of non-ortho nitro benzene ring substituents is 1. The Kier molecular flexibility index (Phi) is 3.18. The van der Waals surface area contributed by atoms with E-state index in [1.807, 2.05) is 0 Å². The summed E-state index contributed by atoms with van der Waals surface area (Å²) in [7, 11) is 0. The van der Waals surface area contributed by atoms with Crippen LogP contribution in [-0.2, 0) is 9.53 Å². The molecule has 1 N–H and O–H groups in total. The third-order valence-corrected chi connectivity index (χ3v) is 2.93. The summed E-state index contributed by atoms with van der Waals surface area (Å²) in [6.07, 6.45) is -0.471. The van der Waals surface area contributed by atoms with Gasteiger partial charge in [0, 0.05) is 23.4 Å². The molecule has 102 valence electrons. The van der Waals surface area contributed by atoms with Crippen LogP contribution in [-0.4, -0.2) is 17.4 Å². The molecule has 1 heterocycles. The van der Waals surface area contributed by atoms with Gasteiger partial charge < -0.3 is 10.1 Å². The second kappa shape index (κ2) is 4.53. The second-order valence-electron chi connectivity index (χ2n) is 5.55. The van der Waals surface area contributed by atoms with Crippen molar-refractivity contribution in [3.63, 3.8) is 0 Å². The van der Waals surface area contributed by atoms with Crippen molar-refractivity contribution in [2.24, 2.45) is 5.41 Å². The van der Waals surface area contributed by atoms with Crippen LogP contribution in [0, 0.1) is 15.5 Å². The summed E-state index contributed by atoms with van der Waals surface area (Å²) in [6.45, 7) is 5.75. The van der Waals surface area contributed by atoms with Crippen molar-refractivity contribution >= 4 is 17.3 Å². The predicted octanol–water partition coefficient (Wildman–Crippen LogP) is 2.65. The second-order valence-corrected chi connectivity index (χ2v) is 5.55. The third-order valence-electron chi connectivity index (χ3n) is 2.93. The standard InChI is InChI=1S/C13H16N2O4/c1-13(2,3)12(16)19-11-7-14-10-5-4-8(15(17)18)6-9(10)11/h4-6,11,14H,7H2,1-3H3. The molecule has 0 spiro atoms. The first-order valence-corrected chi connectivity index (χ1v) is 6.02. The van der Waals surface area contributed by atoms with E-state index in [0.29, 0.717) is 12.1 Å². The highest BCUT2D eigenvalue weighted by atomic mass is 16.6. The van der Waals surface area contributed by atoms with Gasteiger partial charge in [0.2, 0.25) is 0 Å². The van der Waals surface area contributed by atoms with E-state index in [2.05, 4.69) is 5.32 Å². The van der Waals surface area contributed by atoms with E-state index >= 15 is 0 Å². The number of esters is 1. The summed E-state index contributed by atoms with van der Waals surface area (Å²) < 4.78 is 5.41. The zero-order valence-corrected chi connectivity index (χ0v) is 11.1. The van der Waals surface area contributed by atoms with Gasteiger partial charge in [-0.1, -0.05) is 0 Å². The molecule has 1 aliphatic heterocycles. The third kappa shape index (κ3) is 2.67. The van der Waals surface area contributed by atoms with E-state index in [0.717, 1.165) is 5.69 Å². The van der Waals surface area contributed by atoms with Crippen LogP contribution in [0.2, 0.25) is 0 Å². The van der Waals surface area contributed by atoms with Gasteiger partial charge in [-0.15, -0.1) is 0 Å². The first-order valence-electron chi connectivity index (χ1n) is 6.02. The molecular formula is C13H16N2O4. The van der Waals surface area contributed by atoms with Crippen molar-refractivity contribution in [3.8, 4) is 0 Å². The average molecular weight is 264 g/mol. The Hall–Kier alpha value is -2.11. The van der Waals surface area contributed by atoms with Crippen molar-refractivity contribution < 1.29 is 14.5 Å². The maximum Gasteiger partial charge on any atom is 0.311 e. The summed E-state index contributed by atoms with van der Waals surface area (Å²) >= 11 is 0. The fraction of sp³-hybridized carbons (Fsp3) is 0.462. The lowest BCUT2D eigenvalue weighted by Crippen LogP contribution is -2.25. The molecule has 0 aliphatic carbocycles. The van der Waals surface area contributed by atoms with E-state index < -0.39 is 16.4 Å². The van der Waals surface area contributed by atoms with Crippen molar-refractivity contribution in [2.75, 3.05) is 11.9 Å². The number of hydrogen-bond acceptors (Lipinski definition) is 5. The van der Waals surface area contributed by atoms with Crippen molar-refractivity contribution in [1.29, 1.82) is 0 Å². The highest BCUT2D eigenvalue weighted by Crippen LogP contribution is 2.36. The van der Waals surface area contributed by atoms with E-state index in [4.69, 9.17) is 4.74 Å². The first kappa shape index (κ1) is 13.3. The minimum Gasteiger partial charge on any atom is -0.455 e. The van der Waals surface area contributed by atoms with Crippen LogP contribution in [0.15, 0.2) is 18.2 Å². The molecule has 2 rings (SSSR count). The number of ether oxygens (including phenoxy) is 1. The minimum absolute atomic E-state index is 0.000687. The molecule has 0 radical (unpaired) electrons. The highest BCUT2D eigenvalue weighted by molar-refractivity contribution is 5.76. The molecule has 0 aromatic heterocycles. The molecule has 1 unspecified atom stereocenters. The van der Waals surface area contributed by atoms with E-state index in [1.54, 1.807) is 26.8 Å². The summed E-state index contributed by atoms with van der Waals surface area (Å²) in [6, 6.07) is 4.52. The Bertz CT molecular complexity index is 534. The van der Waals surface area contributed by atoms with Gasteiger partial charge in [-0.3, -0.25) is 14.9 Å². The van der Waals surface area contributed by atoms with Crippen molar-refractivity contribution in [1.82, 2.24) is 0 Å². The summed E-state index contributed by atoms with van der Waals surface area (Å²) in [5, 5.41) is 13.8. The molecule has 1 aromatic carbocycles. The number of nitrogens with zero attached hydrogens (tertiary/aromatic N) is 1. The Morgan fingerprint density at radius 1 is 1.47 bits per heavy atom. The van der Waals surface area contributed by atoms with Gasteiger partial charge in [0.05, 0.1) is 16.9 Å². The molecule has 0 saturated heterocycles. The molecule has 6 nitrogen and oxygen atoms in total. The zero-order valence-electron chi connectivity index (χ0n) is 11.1. The Labute approximate surface area is 110 Å². The number of carbonyl (C=O) groups is 1. The fourth-order valence-electron chi connectivity index (χ4n) is 1.81. The average Bonchev–Trinajstić information content (AvgIpc) is 2.70. The number of nitrogens with one attached hydrogen (secondary N) is 1. The SMILES string of the molecule is CC(C)(C)C(=O)OC1CNc2ccc([N+](=O)[O-])cc21. The molecule has 1 atom stereocenters. The lowest BCUT2D eigenvalue weighted by Gasteiger charge is -2.20. The van der Waals surface area contributed by atoms with Crippen molar-refractivity contribution in [2.45, 2.75) is 26.9 Å². The molecular weight excluding hydrogens is 248 g/mol. The molecule has 0 saturated carbocycles. The van der Waals surface area contributed by atoms with Gasteiger partial charge in [-0.25, -0.2) is 0 Å². The zero-order chi connectivity index (χ0) is 14.2. The summed E-state index contributed by atoms with van der Waals surface area (Å²) in [5.41, 5.74) is 0.840. The number of nitro groups is 1. The van der Waals surface area contributed by atoms with Crippen molar-refractivity contribution in [3.05, 3.63) is 33.9 Å². The molecule has 0 fully saturated rings. The Balaban J connectivity index is 2.23.